The van der Waals surface area contributed by atoms with Crippen LogP contribution in [0.5, 0.6) is 0 Å². The first kappa shape index (κ1) is 12.8. The lowest BCUT2D eigenvalue weighted by Gasteiger charge is -2.34. The third-order valence-electron chi connectivity index (χ3n) is 3.30. The number of hydrogen-bond acceptors (Lipinski definition) is 5. The molecule has 0 aliphatic carbocycles. The van der Waals surface area contributed by atoms with Gasteiger partial charge in [0.25, 0.3) is 5.91 Å². The van der Waals surface area contributed by atoms with E-state index in [2.05, 4.69) is 26.7 Å². The minimum absolute atomic E-state index is 0.0661. The molecule has 0 unspecified atom stereocenters. The standard InChI is InChI=1S/C13H15N3OS2/c17-13(12-9-19-10-14-12)16-4-2-15(3-5-16)7-11-1-6-18-8-11/h1,6,8-10H,2-5,7H2. The SMILES string of the molecule is O=C(c1cscn1)N1CCN(Cc2ccsc2)CC1. The number of rotatable bonds is 3. The van der Waals surface area contributed by atoms with Gasteiger partial charge in [-0.2, -0.15) is 11.3 Å². The van der Waals surface area contributed by atoms with Crippen molar-refractivity contribution in [1.82, 2.24) is 14.8 Å². The van der Waals surface area contributed by atoms with Gasteiger partial charge in [-0.15, -0.1) is 11.3 Å². The Hall–Kier alpha value is -1.24. The molecule has 1 fully saturated rings. The van der Waals surface area contributed by atoms with Gasteiger partial charge < -0.3 is 4.90 Å². The smallest absolute Gasteiger partial charge is 0.273 e. The average molecular weight is 293 g/mol. The summed E-state index contributed by atoms with van der Waals surface area (Å²) in [7, 11) is 0. The van der Waals surface area contributed by atoms with Crippen LogP contribution in [0.2, 0.25) is 0 Å². The fourth-order valence-electron chi connectivity index (χ4n) is 2.23. The second-order valence-corrected chi connectivity index (χ2v) is 6.07. The van der Waals surface area contributed by atoms with E-state index in [4.69, 9.17) is 0 Å². The maximum absolute atomic E-state index is 12.1. The molecular weight excluding hydrogens is 278 g/mol. The summed E-state index contributed by atoms with van der Waals surface area (Å²) < 4.78 is 0. The van der Waals surface area contributed by atoms with Gasteiger partial charge in [0.1, 0.15) is 5.69 Å². The molecule has 0 bridgehead atoms. The Kier molecular flexibility index (Phi) is 3.91. The number of carbonyl (C=O) groups excluding carboxylic acids is 1. The van der Waals surface area contributed by atoms with Crippen molar-refractivity contribution in [3.8, 4) is 0 Å². The quantitative estimate of drug-likeness (QED) is 0.870. The predicted molar refractivity (Wildman–Crippen MR) is 77.6 cm³/mol. The normalized spacial score (nSPS) is 16.7. The molecule has 1 aliphatic rings. The fraction of sp³-hybridized carbons (Fsp3) is 0.385. The fourth-order valence-corrected chi connectivity index (χ4v) is 3.42. The van der Waals surface area contributed by atoms with Gasteiger partial charge in [-0.3, -0.25) is 9.69 Å². The Morgan fingerprint density at radius 3 is 2.68 bits per heavy atom. The van der Waals surface area contributed by atoms with Crippen molar-refractivity contribution in [2.45, 2.75) is 6.54 Å². The molecule has 1 saturated heterocycles. The van der Waals surface area contributed by atoms with Crippen molar-refractivity contribution >= 4 is 28.6 Å². The van der Waals surface area contributed by atoms with Crippen LogP contribution in [0.3, 0.4) is 0 Å². The molecular formula is C13H15N3OS2. The molecule has 1 amide bonds. The largest absolute Gasteiger partial charge is 0.335 e. The maximum atomic E-state index is 12.1. The number of piperazine rings is 1. The minimum Gasteiger partial charge on any atom is -0.335 e. The monoisotopic (exact) mass is 293 g/mol. The first-order valence-corrected chi connectivity index (χ1v) is 8.12. The van der Waals surface area contributed by atoms with Crippen LogP contribution in [-0.2, 0) is 6.54 Å². The molecule has 4 nitrogen and oxygen atoms in total. The van der Waals surface area contributed by atoms with Gasteiger partial charge in [0.2, 0.25) is 0 Å². The van der Waals surface area contributed by atoms with Crippen LogP contribution in [0.4, 0.5) is 0 Å². The molecule has 6 heteroatoms. The van der Waals surface area contributed by atoms with E-state index in [1.54, 1.807) is 16.8 Å². The van der Waals surface area contributed by atoms with Crippen LogP contribution in [0.1, 0.15) is 16.1 Å². The van der Waals surface area contributed by atoms with Crippen molar-refractivity contribution in [2.75, 3.05) is 26.2 Å². The molecule has 1 aliphatic heterocycles. The Morgan fingerprint density at radius 2 is 2.05 bits per heavy atom. The van der Waals surface area contributed by atoms with Crippen molar-refractivity contribution in [3.05, 3.63) is 39.0 Å². The molecule has 0 spiro atoms. The van der Waals surface area contributed by atoms with Gasteiger partial charge in [-0.1, -0.05) is 0 Å². The van der Waals surface area contributed by atoms with E-state index in [1.165, 1.54) is 16.9 Å². The lowest BCUT2D eigenvalue weighted by Crippen LogP contribution is -2.48. The van der Waals surface area contributed by atoms with E-state index < -0.39 is 0 Å². The van der Waals surface area contributed by atoms with Crippen molar-refractivity contribution in [2.24, 2.45) is 0 Å². The predicted octanol–water partition coefficient (Wildman–Crippen LogP) is 2.16. The molecule has 2 aromatic heterocycles. The van der Waals surface area contributed by atoms with Crippen molar-refractivity contribution in [1.29, 1.82) is 0 Å². The van der Waals surface area contributed by atoms with Gasteiger partial charge in [-0.25, -0.2) is 4.98 Å². The summed E-state index contributed by atoms with van der Waals surface area (Å²) in [6.07, 6.45) is 0. The Morgan fingerprint density at radius 1 is 1.21 bits per heavy atom. The average Bonchev–Trinajstić information content (AvgIpc) is 3.12. The van der Waals surface area contributed by atoms with Crippen molar-refractivity contribution < 1.29 is 4.79 Å². The van der Waals surface area contributed by atoms with Crippen LogP contribution in [-0.4, -0.2) is 46.9 Å². The minimum atomic E-state index is 0.0661. The van der Waals surface area contributed by atoms with E-state index in [0.717, 1.165) is 32.7 Å². The molecule has 0 atom stereocenters. The number of aromatic nitrogens is 1. The van der Waals surface area contributed by atoms with Crippen molar-refractivity contribution in [3.63, 3.8) is 0 Å². The topological polar surface area (TPSA) is 36.4 Å². The second-order valence-electron chi connectivity index (χ2n) is 4.57. The van der Waals surface area contributed by atoms with Gasteiger partial charge in [0.05, 0.1) is 5.51 Å². The number of nitrogens with zero attached hydrogens (tertiary/aromatic N) is 3. The number of thiophene rings is 1. The lowest BCUT2D eigenvalue weighted by molar-refractivity contribution is 0.0623. The summed E-state index contributed by atoms with van der Waals surface area (Å²) in [4.78, 5) is 20.5. The Labute approximate surface area is 120 Å². The summed E-state index contributed by atoms with van der Waals surface area (Å²) in [6.45, 7) is 4.45. The van der Waals surface area contributed by atoms with Crippen LogP contribution in [0, 0.1) is 0 Å². The molecule has 3 rings (SSSR count). The zero-order chi connectivity index (χ0) is 13.1. The van der Waals surface area contributed by atoms with Crippen LogP contribution in [0.25, 0.3) is 0 Å². The summed E-state index contributed by atoms with van der Waals surface area (Å²) in [5, 5.41) is 6.12. The molecule has 100 valence electrons. The van der Waals surface area contributed by atoms with E-state index >= 15 is 0 Å². The molecule has 0 aromatic carbocycles. The Balaban J connectivity index is 1.53. The van der Waals surface area contributed by atoms with E-state index in [1.807, 2.05) is 10.3 Å². The summed E-state index contributed by atoms with van der Waals surface area (Å²) in [5.41, 5.74) is 3.65. The van der Waals surface area contributed by atoms with Gasteiger partial charge in [0.15, 0.2) is 0 Å². The second kappa shape index (κ2) is 5.81. The Bertz CT molecular complexity index is 516. The zero-order valence-electron chi connectivity index (χ0n) is 10.5. The van der Waals surface area contributed by atoms with E-state index in [9.17, 15) is 4.79 Å². The van der Waals surface area contributed by atoms with Gasteiger partial charge in [0, 0.05) is 38.1 Å². The number of amides is 1. The highest BCUT2D eigenvalue weighted by Gasteiger charge is 2.23. The first-order chi connectivity index (χ1) is 9.33. The highest BCUT2D eigenvalue weighted by atomic mass is 32.1. The zero-order valence-corrected chi connectivity index (χ0v) is 12.1. The van der Waals surface area contributed by atoms with Gasteiger partial charge in [-0.05, 0) is 22.4 Å². The molecule has 0 N–H and O–H groups in total. The highest BCUT2D eigenvalue weighted by molar-refractivity contribution is 7.08. The van der Waals surface area contributed by atoms with E-state index in [-0.39, 0.29) is 5.91 Å². The molecule has 0 saturated carbocycles. The summed E-state index contributed by atoms with van der Waals surface area (Å²) >= 11 is 3.20. The number of hydrogen-bond donors (Lipinski definition) is 0. The lowest BCUT2D eigenvalue weighted by atomic mass is 10.2. The van der Waals surface area contributed by atoms with Crippen LogP contribution >= 0.6 is 22.7 Å². The third-order valence-corrected chi connectivity index (χ3v) is 4.62. The van der Waals surface area contributed by atoms with E-state index in [0.29, 0.717) is 5.69 Å². The third kappa shape index (κ3) is 3.02. The summed E-state index contributed by atoms with van der Waals surface area (Å²) in [6, 6.07) is 2.16. The first-order valence-electron chi connectivity index (χ1n) is 6.24. The van der Waals surface area contributed by atoms with Crippen LogP contribution in [0.15, 0.2) is 27.7 Å². The summed E-state index contributed by atoms with van der Waals surface area (Å²) in [5.74, 6) is 0.0661. The number of thiazole rings is 1. The molecule has 19 heavy (non-hydrogen) atoms. The van der Waals surface area contributed by atoms with Crippen LogP contribution < -0.4 is 0 Å². The molecule has 0 radical (unpaired) electrons. The molecule has 2 aromatic rings. The highest BCUT2D eigenvalue weighted by Crippen LogP contribution is 2.13. The number of carbonyl (C=O) groups is 1. The van der Waals surface area contributed by atoms with Gasteiger partial charge >= 0.3 is 0 Å². The maximum Gasteiger partial charge on any atom is 0.273 e. The molecule has 3 heterocycles.